The number of hydrogen-bond acceptors (Lipinski definition) is 4. The Kier molecular flexibility index (Phi) is 5.03. The van der Waals surface area contributed by atoms with Crippen molar-refractivity contribution >= 4 is 17.3 Å². The Labute approximate surface area is 142 Å². The lowest BCUT2D eigenvalue weighted by Gasteiger charge is -2.16. The molecule has 1 heterocycles. The van der Waals surface area contributed by atoms with Crippen molar-refractivity contribution < 1.29 is 14.1 Å². The maximum Gasteiger partial charge on any atom is 0.338 e. The zero-order valence-corrected chi connectivity index (χ0v) is 14.1. The molecule has 1 aromatic heterocycles. The van der Waals surface area contributed by atoms with Gasteiger partial charge in [-0.1, -0.05) is 12.8 Å². The Bertz CT molecular complexity index is 705. The molecule has 1 fully saturated rings. The Morgan fingerprint density at radius 3 is 2.88 bits per heavy atom. The van der Waals surface area contributed by atoms with E-state index in [1.54, 1.807) is 12.1 Å². The van der Waals surface area contributed by atoms with Crippen LogP contribution in [-0.2, 0) is 18.3 Å². The lowest BCUT2D eigenvalue weighted by Crippen LogP contribution is -2.24. The highest BCUT2D eigenvalue weighted by Crippen LogP contribution is 2.26. The second-order valence-corrected chi connectivity index (χ2v) is 6.38. The van der Waals surface area contributed by atoms with Crippen LogP contribution in [0.4, 0.5) is 11.4 Å². The van der Waals surface area contributed by atoms with Crippen LogP contribution in [0, 0.1) is 0 Å². The van der Waals surface area contributed by atoms with Gasteiger partial charge in [0.05, 0.1) is 24.0 Å². The number of esters is 1. The van der Waals surface area contributed by atoms with Crippen molar-refractivity contribution in [2.75, 3.05) is 17.7 Å². The molecule has 0 bridgehead atoms. The quantitative estimate of drug-likeness (QED) is 0.484. The van der Waals surface area contributed by atoms with Crippen molar-refractivity contribution in [3.63, 3.8) is 0 Å². The van der Waals surface area contributed by atoms with Crippen LogP contribution in [-0.4, -0.2) is 23.2 Å². The minimum absolute atomic E-state index is 0.329. The molecular formula is C18H25N4O2+. The van der Waals surface area contributed by atoms with Crippen LogP contribution in [0.2, 0.25) is 0 Å². The number of anilines is 2. The fourth-order valence-corrected chi connectivity index (χ4v) is 3.07. The van der Waals surface area contributed by atoms with Crippen LogP contribution in [0.5, 0.6) is 0 Å². The van der Waals surface area contributed by atoms with E-state index < -0.39 is 0 Å². The number of nitrogen functional groups attached to an aromatic ring is 1. The third-order valence-electron chi connectivity index (χ3n) is 4.41. The minimum Gasteiger partial charge on any atom is -0.458 e. The molecule has 0 aliphatic heterocycles. The number of benzene rings is 1. The summed E-state index contributed by atoms with van der Waals surface area (Å²) < 4.78 is 9.24. The first-order valence-corrected chi connectivity index (χ1v) is 8.46. The van der Waals surface area contributed by atoms with E-state index >= 15 is 0 Å². The van der Waals surface area contributed by atoms with Crippen molar-refractivity contribution in [3.8, 4) is 0 Å². The summed E-state index contributed by atoms with van der Waals surface area (Å²) in [5, 5.41) is 3.46. The maximum absolute atomic E-state index is 12.1. The second-order valence-electron chi connectivity index (χ2n) is 6.38. The first-order valence-electron chi connectivity index (χ1n) is 8.46. The molecule has 0 radical (unpaired) electrons. The summed E-state index contributed by atoms with van der Waals surface area (Å²) in [7, 11) is 1.95. The van der Waals surface area contributed by atoms with Gasteiger partial charge >= 0.3 is 5.97 Å². The highest BCUT2D eigenvalue weighted by molar-refractivity contribution is 5.92. The molecule has 128 valence electrons. The Balaban J connectivity index is 1.53. The van der Waals surface area contributed by atoms with Gasteiger partial charge in [-0.3, -0.25) is 0 Å². The van der Waals surface area contributed by atoms with Crippen molar-refractivity contribution in [1.29, 1.82) is 0 Å². The van der Waals surface area contributed by atoms with Crippen LogP contribution < -0.4 is 15.6 Å². The first-order chi connectivity index (χ1) is 11.6. The molecular weight excluding hydrogens is 304 g/mol. The molecule has 6 heteroatoms. The molecule has 0 unspecified atom stereocenters. The molecule has 3 N–H and O–H groups in total. The average molecular weight is 329 g/mol. The standard InChI is InChI=1S/C18H24N4O2/c1-21-8-9-22(13-21)10-11-24-18(23)14-6-7-17(16(19)12-14)20-15-4-2-3-5-15/h6-9,12-13,15H,2-5,10-11,19H2,1H3/p+1. The summed E-state index contributed by atoms with van der Waals surface area (Å²) in [4.78, 5) is 12.1. The maximum atomic E-state index is 12.1. The number of nitrogens with zero attached hydrogens (tertiary/aromatic N) is 2. The summed E-state index contributed by atoms with van der Waals surface area (Å²) >= 11 is 0. The fourth-order valence-electron chi connectivity index (χ4n) is 3.07. The van der Waals surface area contributed by atoms with Crippen molar-refractivity contribution in [2.24, 2.45) is 7.05 Å². The SMILES string of the molecule is C[n+]1ccn(CCOC(=O)c2ccc(NC3CCCC3)c(N)c2)c1. The van der Waals surface area contributed by atoms with E-state index in [0.717, 1.165) is 5.69 Å². The van der Waals surface area contributed by atoms with E-state index in [4.69, 9.17) is 10.5 Å². The van der Waals surface area contributed by atoms with Crippen molar-refractivity contribution in [3.05, 3.63) is 42.5 Å². The van der Waals surface area contributed by atoms with E-state index in [0.29, 0.717) is 30.4 Å². The Hall–Kier alpha value is -2.50. The first kappa shape index (κ1) is 16.4. The lowest BCUT2D eigenvalue weighted by molar-refractivity contribution is -0.671. The summed E-state index contributed by atoms with van der Waals surface area (Å²) in [6.07, 6.45) is 10.7. The predicted molar refractivity (Wildman–Crippen MR) is 92.6 cm³/mol. The molecule has 6 nitrogen and oxygen atoms in total. The third kappa shape index (κ3) is 4.07. The average Bonchev–Trinajstić information content (AvgIpc) is 3.21. The van der Waals surface area contributed by atoms with E-state index in [1.165, 1.54) is 25.7 Å². The topological polar surface area (TPSA) is 73.2 Å². The molecule has 0 spiro atoms. The lowest BCUT2D eigenvalue weighted by atomic mass is 10.1. The van der Waals surface area contributed by atoms with Gasteiger partial charge in [-0.15, -0.1) is 0 Å². The third-order valence-corrected chi connectivity index (χ3v) is 4.41. The predicted octanol–water partition coefficient (Wildman–Crippen LogP) is 2.11. The van der Waals surface area contributed by atoms with Gasteiger partial charge in [-0.05, 0) is 31.0 Å². The summed E-state index contributed by atoms with van der Waals surface area (Å²) in [5.74, 6) is -0.342. The molecule has 0 saturated heterocycles. The molecule has 3 rings (SSSR count). The van der Waals surface area contributed by atoms with Gasteiger partial charge in [0.25, 0.3) is 0 Å². The minimum atomic E-state index is -0.342. The largest absolute Gasteiger partial charge is 0.458 e. The molecule has 24 heavy (non-hydrogen) atoms. The van der Waals surface area contributed by atoms with Gasteiger partial charge in [0.15, 0.2) is 0 Å². The van der Waals surface area contributed by atoms with E-state index in [1.807, 2.05) is 41.0 Å². The number of carbonyl (C=O) groups is 1. The normalized spacial score (nSPS) is 14.7. The highest BCUT2D eigenvalue weighted by Gasteiger charge is 2.16. The fraction of sp³-hybridized carbons (Fsp3) is 0.444. The molecule has 0 atom stereocenters. The number of aryl methyl sites for hydroxylation is 1. The van der Waals surface area contributed by atoms with E-state index in [-0.39, 0.29) is 5.97 Å². The molecule has 2 aromatic rings. The van der Waals surface area contributed by atoms with Crippen LogP contribution in [0.15, 0.2) is 36.9 Å². The molecule has 1 aromatic carbocycles. The smallest absolute Gasteiger partial charge is 0.338 e. The van der Waals surface area contributed by atoms with Gasteiger partial charge in [0.2, 0.25) is 6.33 Å². The zero-order chi connectivity index (χ0) is 16.9. The second kappa shape index (κ2) is 7.38. The number of ether oxygens (including phenoxy) is 1. The Morgan fingerprint density at radius 2 is 2.21 bits per heavy atom. The van der Waals surface area contributed by atoms with Crippen LogP contribution in [0.25, 0.3) is 0 Å². The number of nitrogens with one attached hydrogen (secondary N) is 1. The van der Waals surface area contributed by atoms with Crippen LogP contribution in [0.1, 0.15) is 36.0 Å². The van der Waals surface area contributed by atoms with Crippen LogP contribution >= 0.6 is 0 Å². The van der Waals surface area contributed by atoms with E-state index in [9.17, 15) is 4.79 Å². The summed E-state index contributed by atoms with van der Waals surface area (Å²) in [6.45, 7) is 0.957. The zero-order valence-electron chi connectivity index (χ0n) is 14.1. The summed E-state index contributed by atoms with van der Waals surface area (Å²) in [6, 6.07) is 5.82. The molecule has 1 aliphatic rings. The monoisotopic (exact) mass is 329 g/mol. The van der Waals surface area contributed by atoms with Crippen molar-refractivity contribution in [1.82, 2.24) is 4.57 Å². The number of hydrogen-bond donors (Lipinski definition) is 2. The number of carbonyl (C=O) groups excluding carboxylic acids is 1. The molecule has 1 aliphatic carbocycles. The van der Waals surface area contributed by atoms with Crippen LogP contribution in [0.3, 0.4) is 0 Å². The van der Waals surface area contributed by atoms with Gasteiger partial charge in [0, 0.05) is 6.04 Å². The number of imidazole rings is 1. The van der Waals surface area contributed by atoms with Gasteiger partial charge in [0.1, 0.15) is 25.5 Å². The van der Waals surface area contributed by atoms with Crippen molar-refractivity contribution in [2.45, 2.75) is 38.3 Å². The van der Waals surface area contributed by atoms with Gasteiger partial charge in [-0.25, -0.2) is 13.9 Å². The number of aromatic nitrogens is 2. The van der Waals surface area contributed by atoms with Gasteiger partial charge < -0.3 is 15.8 Å². The van der Waals surface area contributed by atoms with E-state index in [2.05, 4.69) is 5.32 Å². The summed E-state index contributed by atoms with van der Waals surface area (Å²) in [5.41, 5.74) is 8.06. The number of rotatable bonds is 6. The Morgan fingerprint density at radius 1 is 1.42 bits per heavy atom. The van der Waals surface area contributed by atoms with Gasteiger partial charge in [-0.2, -0.15) is 0 Å². The number of nitrogens with two attached hydrogens (primary N) is 1. The highest BCUT2D eigenvalue weighted by atomic mass is 16.5. The molecule has 1 saturated carbocycles. The molecule has 0 amide bonds.